The van der Waals surface area contributed by atoms with Crippen LogP contribution < -0.4 is 4.74 Å². The number of nitrogens with one attached hydrogen (secondary N) is 1. The maximum absolute atomic E-state index is 5.16. The number of H-pyrrole nitrogens is 1. The number of hydrogen-bond donors (Lipinski definition) is 1. The van der Waals surface area contributed by atoms with E-state index >= 15 is 0 Å². The van der Waals surface area contributed by atoms with E-state index in [2.05, 4.69) is 10.1 Å². The van der Waals surface area contributed by atoms with Crippen molar-refractivity contribution in [3.8, 4) is 5.75 Å². The molecule has 3 aromatic rings. The molecule has 2 heterocycles. The molecule has 0 fully saturated rings. The smallest absolute Gasteiger partial charge is 0.154 e. The van der Waals surface area contributed by atoms with Gasteiger partial charge in [0.15, 0.2) is 5.65 Å². The van der Waals surface area contributed by atoms with Gasteiger partial charge in [0, 0.05) is 18.3 Å². The van der Waals surface area contributed by atoms with Crippen LogP contribution in [-0.4, -0.2) is 21.7 Å². The van der Waals surface area contributed by atoms with Gasteiger partial charge in [-0.2, -0.15) is 0 Å². The Hall–Kier alpha value is -1.97. The van der Waals surface area contributed by atoms with Crippen molar-refractivity contribution in [3.05, 3.63) is 30.5 Å². The average Bonchev–Trinajstić information content (AvgIpc) is 2.76. The molecule has 0 unspecified atom stereocenters. The Morgan fingerprint density at radius 1 is 1.36 bits per heavy atom. The molecule has 14 heavy (non-hydrogen) atoms. The monoisotopic (exact) mass is 187 g/mol. The second-order valence-electron chi connectivity index (χ2n) is 3.12. The Balaban J connectivity index is 2.46. The number of nitrogens with zero attached hydrogens (tertiary/aromatic N) is 2. The summed E-state index contributed by atoms with van der Waals surface area (Å²) in [5, 5.41) is 3.09. The number of imidazole rings is 1. The van der Waals surface area contributed by atoms with Crippen molar-refractivity contribution in [2.75, 3.05) is 7.11 Å². The van der Waals surface area contributed by atoms with Crippen LogP contribution >= 0.6 is 0 Å². The van der Waals surface area contributed by atoms with Gasteiger partial charge in [0.2, 0.25) is 0 Å². The second-order valence-corrected chi connectivity index (χ2v) is 3.12. The van der Waals surface area contributed by atoms with E-state index in [1.807, 2.05) is 35.0 Å². The largest absolute Gasteiger partial charge is 0.497 e. The van der Waals surface area contributed by atoms with E-state index in [1.54, 1.807) is 7.11 Å². The van der Waals surface area contributed by atoms with Gasteiger partial charge in [0.1, 0.15) is 5.75 Å². The highest BCUT2D eigenvalue weighted by molar-refractivity contribution is 5.81. The van der Waals surface area contributed by atoms with Crippen LogP contribution in [0.5, 0.6) is 5.75 Å². The van der Waals surface area contributed by atoms with Crippen molar-refractivity contribution in [1.82, 2.24) is 14.6 Å². The summed E-state index contributed by atoms with van der Waals surface area (Å²) in [6, 6.07) is 7.77. The molecule has 0 saturated heterocycles. The van der Waals surface area contributed by atoms with Crippen LogP contribution in [0.1, 0.15) is 0 Å². The minimum absolute atomic E-state index is 0.842. The highest BCUT2D eigenvalue weighted by atomic mass is 16.5. The van der Waals surface area contributed by atoms with Crippen LogP contribution in [0.25, 0.3) is 16.7 Å². The second kappa shape index (κ2) is 2.51. The summed E-state index contributed by atoms with van der Waals surface area (Å²) >= 11 is 0. The van der Waals surface area contributed by atoms with Crippen LogP contribution in [0.4, 0.5) is 0 Å². The van der Waals surface area contributed by atoms with E-state index in [0.29, 0.717) is 0 Å². The van der Waals surface area contributed by atoms with Gasteiger partial charge in [-0.3, -0.25) is 5.10 Å². The zero-order valence-corrected chi connectivity index (χ0v) is 7.69. The van der Waals surface area contributed by atoms with Crippen LogP contribution in [0, 0.1) is 0 Å². The SMILES string of the molecule is COc1ccc2nc3cc[nH]n3c2c1. The molecule has 0 bridgehead atoms. The Labute approximate surface area is 80.1 Å². The standard InChI is InChI=1S/C10H9N3O/c1-14-7-2-3-8-9(6-7)13-10(12-8)4-5-11-13/h2-6,11H,1H3. The lowest BCUT2D eigenvalue weighted by atomic mass is 10.3. The lowest BCUT2D eigenvalue weighted by Crippen LogP contribution is -1.85. The molecule has 1 N–H and O–H groups in total. The lowest BCUT2D eigenvalue weighted by Gasteiger charge is -1.97. The van der Waals surface area contributed by atoms with Crippen molar-refractivity contribution in [2.45, 2.75) is 0 Å². The molecule has 0 aliphatic carbocycles. The van der Waals surface area contributed by atoms with Gasteiger partial charge in [0.05, 0.1) is 18.1 Å². The molecular formula is C10H9N3O. The fraction of sp³-hybridized carbons (Fsp3) is 0.100. The fourth-order valence-corrected chi connectivity index (χ4v) is 1.63. The van der Waals surface area contributed by atoms with Crippen molar-refractivity contribution >= 4 is 16.7 Å². The average molecular weight is 187 g/mol. The first kappa shape index (κ1) is 7.44. The van der Waals surface area contributed by atoms with E-state index < -0.39 is 0 Å². The first-order valence-corrected chi connectivity index (χ1v) is 4.38. The summed E-state index contributed by atoms with van der Waals surface area (Å²) < 4.78 is 7.09. The zero-order valence-electron chi connectivity index (χ0n) is 7.69. The first-order chi connectivity index (χ1) is 6.88. The van der Waals surface area contributed by atoms with Gasteiger partial charge in [-0.05, 0) is 12.1 Å². The summed E-state index contributed by atoms with van der Waals surface area (Å²) in [4.78, 5) is 4.43. The summed E-state index contributed by atoms with van der Waals surface area (Å²) in [7, 11) is 1.66. The van der Waals surface area contributed by atoms with Gasteiger partial charge < -0.3 is 4.74 Å². The molecule has 2 aromatic heterocycles. The molecule has 0 spiro atoms. The molecule has 4 nitrogen and oxygen atoms in total. The van der Waals surface area contributed by atoms with Gasteiger partial charge in [-0.25, -0.2) is 9.50 Å². The number of ether oxygens (including phenoxy) is 1. The quantitative estimate of drug-likeness (QED) is 0.631. The predicted molar refractivity (Wildman–Crippen MR) is 53.6 cm³/mol. The lowest BCUT2D eigenvalue weighted by molar-refractivity contribution is 0.415. The molecule has 4 heteroatoms. The number of aromatic nitrogens is 3. The molecule has 0 radical (unpaired) electrons. The van der Waals surface area contributed by atoms with E-state index in [0.717, 1.165) is 22.4 Å². The van der Waals surface area contributed by atoms with Crippen LogP contribution in [0.2, 0.25) is 0 Å². The molecule has 0 aliphatic rings. The highest BCUT2D eigenvalue weighted by Crippen LogP contribution is 2.20. The molecule has 0 atom stereocenters. The summed E-state index contributed by atoms with van der Waals surface area (Å²) in [5.74, 6) is 0.842. The molecule has 0 saturated carbocycles. The topological polar surface area (TPSA) is 42.3 Å². The van der Waals surface area contributed by atoms with Crippen LogP contribution in [0.3, 0.4) is 0 Å². The maximum atomic E-state index is 5.16. The zero-order chi connectivity index (χ0) is 9.54. The maximum Gasteiger partial charge on any atom is 0.154 e. The molecule has 1 aromatic carbocycles. The summed E-state index contributed by atoms with van der Waals surface area (Å²) in [6.45, 7) is 0. The molecule has 0 amide bonds. The third-order valence-corrected chi connectivity index (χ3v) is 2.32. The fourth-order valence-electron chi connectivity index (χ4n) is 1.63. The number of hydrogen-bond acceptors (Lipinski definition) is 2. The number of fused-ring (bicyclic) bond motifs is 3. The van der Waals surface area contributed by atoms with E-state index in [9.17, 15) is 0 Å². The summed E-state index contributed by atoms with van der Waals surface area (Å²) in [5.41, 5.74) is 2.93. The third-order valence-electron chi connectivity index (χ3n) is 2.32. The number of benzene rings is 1. The van der Waals surface area contributed by atoms with Crippen LogP contribution in [0.15, 0.2) is 30.5 Å². The van der Waals surface area contributed by atoms with Gasteiger partial charge in [-0.1, -0.05) is 0 Å². The van der Waals surface area contributed by atoms with E-state index in [1.165, 1.54) is 0 Å². The summed E-state index contributed by atoms with van der Waals surface area (Å²) in [6.07, 6.45) is 1.86. The number of rotatable bonds is 1. The third kappa shape index (κ3) is 0.849. The van der Waals surface area contributed by atoms with E-state index in [-0.39, 0.29) is 0 Å². The normalized spacial score (nSPS) is 11.2. The Kier molecular flexibility index (Phi) is 1.33. The van der Waals surface area contributed by atoms with Crippen molar-refractivity contribution in [3.63, 3.8) is 0 Å². The van der Waals surface area contributed by atoms with E-state index in [4.69, 9.17) is 4.74 Å². The predicted octanol–water partition coefficient (Wildman–Crippen LogP) is 1.82. The van der Waals surface area contributed by atoms with Crippen molar-refractivity contribution in [2.24, 2.45) is 0 Å². The number of aromatic amines is 1. The first-order valence-electron chi connectivity index (χ1n) is 4.38. The van der Waals surface area contributed by atoms with Gasteiger partial charge in [-0.15, -0.1) is 0 Å². The van der Waals surface area contributed by atoms with Gasteiger partial charge >= 0.3 is 0 Å². The molecule has 3 rings (SSSR count). The van der Waals surface area contributed by atoms with Crippen LogP contribution in [-0.2, 0) is 0 Å². The minimum atomic E-state index is 0.842. The van der Waals surface area contributed by atoms with Gasteiger partial charge in [0.25, 0.3) is 0 Å². The van der Waals surface area contributed by atoms with Crippen molar-refractivity contribution < 1.29 is 4.74 Å². The Morgan fingerprint density at radius 3 is 3.14 bits per heavy atom. The molecular weight excluding hydrogens is 178 g/mol. The highest BCUT2D eigenvalue weighted by Gasteiger charge is 2.05. The Bertz CT molecular complexity index is 593. The molecule has 0 aliphatic heterocycles. The Morgan fingerprint density at radius 2 is 2.29 bits per heavy atom. The van der Waals surface area contributed by atoms with Crippen molar-refractivity contribution in [1.29, 1.82) is 0 Å². The minimum Gasteiger partial charge on any atom is -0.497 e. The number of methoxy groups -OCH3 is 1. The molecule has 70 valence electrons.